The van der Waals surface area contributed by atoms with Gasteiger partial charge in [-0.1, -0.05) is 0 Å². The Balaban J connectivity index is 2.88. The Morgan fingerprint density at radius 1 is 1.80 bits per heavy atom. The molecule has 1 aliphatic rings. The first-order chi connectivity index (χ1) is 4.75. The maximum absolute atomic E-state index is 10.8. The summed E-state index contributed by atoms with van der Waals surface area (Å²) in [6, 6.07) is 0. The molecular weight excluding hydrogens is 130 g/mol. The fourth-order valence-corrected chi connectivity index (χ4v) is 0.782. The Morgan fingerprint density at radius 3 is 2.90 bits per heavy atom. The topological polar surface area (TPSA) is 67.5 Å². The summed E-state index contributed by atoms with van der Waals surface area (Å²) in [5, 5.41) is 2.57. The standard InChI is InChI=1S/C6H9N3O/c1-8-2-4-5(7)3-9-6(4)10/h2H,3,7H2,1H3,(H,9,10). The van der Waals surface area contributed by atoms with Gasteiger partial charge < -0.3 is 11.1 Å². The number of hydrogen-bond acceptors (Lipinski definition) is 3. The molecule has 0 fully saturated rings. The number of hydrogen-bond donors (Lipinski definition) is 2. The van der Waals surface area contributed by atoms with Crippen LogP contribution in [-0.2, 0) is 4.79 Å². The molecule has 0 radical (unpaired) electrons. The molecule has 0 bridgehead atoms. The molecule has 0 saturated heterocycles. The van der Waals surface area contributed by atoms with Crippen molar-refractivity contribution in [2.24, 2.45) is 10.7 Å². The molecule has 0 aromatic heterocycles. The summed E-state index contributed by atoms with van der Waals surface area (Å²) in [5.74, 6) is -0.136. The van der Waals surface area contributed by atoms with Gasteiger partial charge in [0.05, 0.1) is 12.1 Å². The van der Waals surface area contributed by atoms with Crippen LogP contribution in [0.25, 0.3) is 0 Å². The third-order valence-electron chi connectivity index (χ3n) is 1.29. The maximum Gasteiger partial charge on any atom is 0.254 e. The Kier molecular flexibility index (Phi) is 1.71. The molecule has 1 amide bonds. The van der Waals surface area contributed by atoms with E-state index in [4.69, 9.17) is 5.73 Å². The predicted octanol–water partition coefficient (Wildman–Crippen LogP) is -0.970. The second-order valence-electron chi connectivity index (χ2n) is 2.01. The van der Waals surface area contributed by atoms with Crippen LogP contribution < -0.4 is 11.1 Å². The van der Waals surface area contributed by atoms with Crippen molar-refractivity contribution >= 4 is 12.1 Å². The monoisotopic (exact) mass is 139 g/mol. The van der Waals surface area contributed by atoms with Gasteiger partial charge in [-0.3, -0.25) is 9.79 Å². The summed E-state index contributed by atoms with van der Waals surface area (Å²) in [6.07, 6.45) is 1.47. The number of carbonyl (C=O) groups is 1. The molecule has 0 saturated carbocycles. The van der Waals surface area contributed by atoms with Crippen LogP contribution in [0.4, 0.5) is 0 Å². The van der Waals surface area contributed by atoms with Gasteiger partial charge in [0.15, 0.2) is 0 Å². The first kappa shape index (κ1) is 6.80. The number of aliphatic imine (C=N–C) groups is 1. The summed E-state index contributed by atoms with van der Waals surface area (Å²) in [7, 11) is 1.60. The molecule has 4 heteroatoms. The van der Waals surface area contributed by atoms with E-state index in [-0.39, 0.29) is 5.91 Å². The van der Waals surface area contributed by atoms with Crippen molar-refractivity contribution in [1.82, 2.24) is 5.32 Å². The summed E-state index contributed by atoms with van der Waals surface area (Å²) >= 11 is 0. The fraction of sp³-hybridized carbons (Fsp3) is 0.333. The lowest BCUT2D eigenvalue weighted by Crippen LogP contribution is -2.18. The molecule has 0 aromatic carbocycles. The van der Waals surface area contributed by atoms with Crippen molar-refractivity contribution in [2.75, 3.05) is 13.6 Å². The lowest BCUT2D eigenvalue weighted by Gasteiger charge is -1.88. The lowest BCUT2D eigenvalue weighted by molar-refractivity contribution is -0.116. The van der Waals surface area contributed by atoms with Gasteiger partial charge in [0.1, 0.15) is 0 Å². The van der Waals surface area contributed by atoms with E-state index in [1.165, 1.54) is 6.21 Å². The van der Waals surface area contributed by atoms with E-state index in [2.05, 4.69) is 10.3 Å². The van der Waals surface area contributed by atoms with Gasteiger partial charge in [0, 0.05) is 19.0 Å². The van der Waals surface area contributed by atoms with E-state index in [0.29, 0.717) is 17.8 Å². The normalized spacial score (nSPS) is 18.7. The Bertz CT molecular complexity index is 217. The molecule has 4 nitrogen and oxygen atoms in total. The zero-order valence-corrected chi connectivity index (χ0v) is 5.72. The third-order valence-corrected chi connectivity index (χ3v) is 1.29. The SMILES string of the molecule is CN=CC1=C(N)CNC1=O. The highest BCUT2D eigenvalue weighted by atomic mass is 16.1. The number of nitrogens with one attached hydrogen (secondary N) is 1. The van der Waals surface area contributed by atoms with Gasteiger partial charge in [0.25, 0.3) is 5.91 Å². The van der Waals surface area contributed by atoms with Crippen LogP contribution in [0.2, 0.25) is 0 Å². The minimum atomic E-state index is -0.136. The molecule has 54 valence electrons. The molecule has 0 atom stereocenters. The van der Waals surface area contributed by atoms with Gasteiger partial charge in [0.2, 0.25) is 0 Å². The van der Waals surface area contributed by atoms with Crippen LogP contribution in [0.3, 0.4) is 0 Å². The first-order valence-electron chi connectivity index (χ1n) is 2.94. The van der Waals surface area contributed by atoms with Crippen molar-refractivity contribution < 1.29 is 4.79 Å². The molecule has 0 unspecified atom stereocenters. The van der Waals surface area contributed by atoms with E-state index < -0.39 is 0 Å². The van der Waals surface area contributed by atoms with Crippen LogP contribution in [0.5, 0.6) is 0 Å². The Labute approximate surface area is 58.8 Å². The quantitative estimate of drug-likeness (QED) is 0.459. The van der Waals surface area contributed by atoms with Crippen LogP contribution in [0.15, 0.2) is 16.3 Å². The highest BCUT2D eigenvalue weighted by Gasteiger charge is 2.17. The number of carbonyl (C=O) groups excluding carboxylic acids is 1. The van der Waals surface area contributed by atoms with Gasteiger partial charge >= 0.3 is 0 Å². The molecule has 0 aliphatic carbocycles. The largest absolute Gasteiger partial charge is 0.400 e. The third kappa shape index (κ3) is 1.00. The van der Waals surface area contributed by atoms with Crippen LogP contribution in [0.1, 0.15) is 0 Å². The van der Waals surface area contributed by atoms with Gasteiger partial charge in [-0.2, -0.15) is 0 Å². The van der Waals surface area contributed by atoms with E-state index in [1.54, 1.807) is 7.05 Å². The van der Waals surface area contributed by atoms with Crippen LogP contribution >= 0.6 is 0 Å². The molecule has 0 spiro atoms. The number of amides is 1. The maximum atomic E-state index is 10.8. The van der Waals surface area contributed by atoms with Crippen molar-refractivity contribution in [2.45, 2.75) is 0 Å². The summed E-state index contributed by atoms with van der Waals surface area (Å²) in [4.78, 5) is 14.5. The van der Waals surface area contributed by atoms with Gasteiger partial charge in [-0.25, -0.2) is 0 Å². The second-order valence-corrected chi connectivity index (χ2v) is 2.01. The number of rotatable bonds is 1. The van der Waals surface area contributed by atoms with Crippen molar-refractivity contribution in [3.63, 3.8) is 0 Å². The van der Waals surface area contributed by atoms with Crippen LogP contribution in [0, 0.1) is 0 Å². The number of nitrogens with two attached hydrogens (primary N) is 1. The highest BCUT2D eigenvalue weighted by molar-refractivity contribution is 6.14. The summed E-state index contributed by atoms with van der Waals surface area (Å²) < 4.78 is 0. The second kappa shape index (κ2) is 2.51. The molecular formula is C6H9N3O. The zero-order chi connectivity index (χ0) is 7.56. The van der Waals surface area contributed by atoms with Crippen LogP contribution in [-0.4, -0.2) is 25.7 Å². The molecule has 1 rings (SSSR count). The fourth-order valence-electron chi connectivity index (χ4n) is 0.782. The predicted molar refractivity (Wildman–Crippen MR) is 38.6 cm³/mol. The molecule has 1 heterocycles. The summed E-state index contributed by atoms with van der Waals surface area (Å²) in [6.45, 7) is 0.445. The van der Waals surface area contributed by atoms with E-state index in [9.17, 15) is 4.79 Å². The molecule has 0 aromatic rings. The zero-order valence-electron chi connectivity index (χ0n) is 5.72. The van der Waals surface area contributed by atoms with Gasteiger partial charge in [-0.15, -0.1) is 0 Å². The molecule has 1 aliphatic heterocycles. The lowest BCUT2D eigenvalue weighted by atomic mass is 10.2. The van der Waals surface area contributed by atoms with E-state index in [0.717, 1.165) is 0 Å². The van der Waals surface area contributed by atoms with E-state index >= 15 is 0 Å². The number of nitrogens with zero attached hydrogens (tertiary/aromatic N) is 1. The first-order valence-corrected chi connectivity index (χ1v) is 2.94. The molecule has 3 N–H and O–H groups in total. The smallest absolute Gasteiger partial charge is 0.254 e. The summed E-state index contributed by atoms with van der Waals surface area (Å²) in [5.41, 5.74) is 6.51. The average Bonchev–Trinajstić information content (AvgIpc) is 2.20. The minimum absolute atomic E-state index is 0.136. The van der Waals surface area contributed by atoms with Gasteiger partial charge in [-0.05, 0) is 0 Å². The Morgan fingerprint density at radius 2 is 2.50 bits per heavy atom. The van der Waals surface area contributed by atoms with Crippen molar-refractivity contribution in [3.05, 3.63) is 11.3 Å². The van der Waals surface area contributed by atoms with Crippen molar-refractivity contribution in [1.29, 1.82) is 0 Å². The minimum Gasteiger partial charge on any atom is -0.400 e. The highest BCUT2D eigenvalue weighted by Crippen LogP contribution is 2.02. The van der Waals surface area contributed by atoms with E-state index in [1.807, 2.05) is 0 Å². The average molecular weight is 139 g/mol. The molecule has 10 heavy (non-hydrogen) atoms. The van der Waals surface area contributed by atoms with Crippen molar-refractivity contribution in [3.8, 4) is 0 Å². The Hall–Kier alpha value is -1.32.